The van der Waals surface area contributed by atoms with Crippen LogP contribution in [0.15, 0.2) is 42.7 Å². The molecule has 1 atom stereocenters. The standard InChI is InChI=1S/C22H31N3O3/c1-27-21-5-4-19(15-24-11-8-18-6-9-23-10-7-18)14-22(21)28-17-20(26)16-25-12-2-3-13-25/h4-7,9-10,14,20,24,26H,2-3,8,11-13,15-17H2,1H3/t20-/m0/s1. The first-order valence-electron chi connectivity index (χ1n) is 10.0. The second-order valence-corrected chi connectivity index (χ2v) is 7.24. The molecule has 0 spiro atoms. The van der Waals surface area contributed by atoms with E-state index in [9.17, 15) is 5.11 Å². The van der Waals surface area contributed by atoms with Crippen LogP contribution >= 0.6 is 0 Å². The quantitative estimate of drug-likeness (QED) is 0.579. The predicted molar refractivity (Wildman–Crippen MR) is 110 cm³/mol. The number of likely N-dealkylation sites (tertiary alicyclic amines) is 1. The Kier molecular flexibility index (Phi) is 8.08. The molecule has 0 amide bonds. The molecule has 0 saturated carbocycles. The highest BCUT2D eigenvalue weighted by atomic mass is 16.5. The summed E-state index contributed by atoms with van der Waals surface area (Å²) in [6, 6.07) is 10.0. The van der Waals surface area contributed by atoms with Gasteiger partial charge < -0.3 is 24.8 Å². The highest BCUT2D eigenvalue weighted by molar-refractivity contribution is 5.43. The summed E-state index contributed by atoms with van der Waals surface area (Å²) in [6.07, 6.45) is 6.55. The van der Waals surface area contributed by atoms with Crippen LogP contribution in [0.4, 0.5) is 0 Å². The number of methoxy groups -OCH3 is 1. The number of pyridine rings is 1. The third-order valence-electron chi connectivity index (χ3n) is 5.00. The summed E-state index contributed by atoms with van der Waals surface area (Å²) in [5.74, 6) is 1.37. The smallest absolute Gasteiger partial charge is 0.161 e. The van der Waals surface area contributed by atoms with Crippen molar-refractivity contribution in [2.24, 2.45) is 0 Å². The minimum atomic E-state index is -0.495. The summed E-state index contributed by atoms with van der Waals surface area (Å²) in [4.78, 5) is 6.32. The van der Waals surface area contributed by atoms with E-state index in [1.165, 1.54) is 18.4 Å². The van der Waals surface area contributed by atoms with Crippen LogP contribution in [0.25, 0.3) is 0 Å². The average molecular weight is 386 g/mol. The average Bonchev–Trinajstić information content (AvgIpc) is 3.23. The molecule has 1 saturated heterocycles. The van der Waals surface area contributed by atoms with Gasteiger partial charge in [0.2, 0.25) is 0 Å². The third kappa shape index (κ3) is 6.48. The number of benzene rings is 1. The van der Waals surface area contributed by atoms with Gasteiger partial charge in [0.05, 0.1) is 7.11 Å². The van der Waals surface area contributed by atoms with Gasteiger partial charge in [0, 0.05) is 25.5 Å². The first kappa shape index (κ1) is 20.6. The first-order valence-corrected chi connectivity index (χ1v) is 10.0. The van der Waals surface area contributed by atoms with Gasteiger partial charge in [0.15, 0.2) is 11.5 Å². The Hall–Kier alpha value is -2.15. The normalized spacial score (nSPS) is 15.5. The van der Waals surface area contributed by atoms with Crippen molar-refractivity contribution in [2.45, 2.75) is 31.9 Å². The zero-order valence-corrected chi connectivity index (χ0v) is 16.6. The van der Waals surface area contributed by atoms with Crippen molar-refractivity contribution in [1.82, 2.24) is 15.2 Å². The Balaban J connectivity index is 1.46. The number of aromatic nitrogens is 1. The molecule has 1 aliphatic rings. The fraction of sp³-hybridized carbons (Fsp3) is 0.500. The van der Waals surface area contributed by atoms with E-state index in [0.717, 1.165) is 38.2 Å². The predicted octanol–water partition coefficient (Wildman–Crippen LogP) is 2.26. The lowest BCUT2D eigenvalue weighted by Gasteiger charge is -2.20. The molecule has 2 N–H and O–H groups in total. The van der Waals surface area contributed by atoms with E-state index < -0.39 is 6.10 Å². The van der Waals surface area contributed by atoms with Crippen LogP contribution in [0.3, 0.4) is 0 Å². The van der Waals surface area contributed by atoms with E-state index in [1.54, 1.807) is 7.11 Å². The molecule has 2 heterocycles. The molecule has 152 valence electrons. The van der Waals surface area contributed by atoms with E-state index in [1.807, 2.05) is 42.7 Å². The summed E-state index contributed by atoms with van der Waals surface area (Å²) < 4.78 is 11.3. The topological polar surface area (TPSA) is 66.8 Å². The van der Waals surface area contributed by atoms with E-state index in [4.69, 9.17) is 9.47 Å². The van der Waals surface area contributed by atoms with Crippen LogP contribution in [0.1, 0.15) is 24.0 Å². The van der Waals surface area contributed by atoms with Gasteiger partial charge in [0.25, 0.3) is 0 Å². The van der Waals surface area contributed by atoms with Gasteiger partial charge in [-0.1, -0.05) is 6.07 Å². The summed E-state index contributed by atoms with van der Waals surface area (Å²) in [7, 11) is 1.63. The summed E-state index contributed by atoms with van der Waals surface area (Å²) in [6.45, 7) is 4.72. The Morgan fingerprint density at radius 3 is 2.64 bits per heavy atom. The van der Waals surface area contributed by atoms with Gasteiger partial charge in [-0.25, -0.2) is 0 Å². The minimum absolute atomic E-state index is 0.270. The van der Waals surface area contributed by atoms with Crippen molar-refractivity contribution < 1.29 is 14.6 Å². The number of β-amino-alcohol motifs (C(OH)–C–C–N with tert-alkyl or cyclic N) is 1. The highest BCUT2D eigenvalue weighted by Gasteiger charge is 2.17. The van der Waals surface area contributed by atoms with Crippen LogP contribution in [0, 0.1) is 0 Å². The van der Waals surface area contributed by atoms with Gasteiger partial charge in [-0.15, -0.1) is 0 Å². The monoisotopic (exact) mass is 385 g/mol. The van der Waals surface area contributed by atoms with Gasteiger partial charge >= 0.3 is 0 Å². The number of rotatable bonds is 11. The lowest BCUT2D eigenvalue weighted by molar-refractivity contribution is 0.0746. The third-order valence-corrected chi connectivity index (χ3v) is 5.00. The lowest BCUT2D eigenvalue weighted by atomic mass is 10.1. The fourth-order valence-corrected chi connectivity index (χ4v) is 3.46. The molecule has 0 aliphatic carbocycles. The lowest BCUT2D eigenvalue weighted by Crippen LogP contribution is -2.33. The van der Waals surface area contributed by atoms with Crippen LogP contribution in [-0.2, 0) is 13.0 Å². The van der Waals surface area contributed by atoms with Crippen LogP contribution in [0.5, 0.6) is 11.5 Å². The van der Waals surface area contributed by atoms with Gasteiger partial charge in [0.1, 0.15) is 12.7 Å². The highest BCUT2D eigenvalue weighted by Crippen LogP contribution is 2.28. The van der Waals surface area contributed by atoms with Gasteiger partial charge in [-0.05, 0) is 74.3 Å². The van der Waals surface area contributed by atoms with E-state index >= 15 is 0 Å². The van der Waals surface area contributed by atoms with Crippen LogP contribution in [-0.4, -0.2) is 61.0 Å². The summed E-state index contributed by atoms with van der Waals surface area (Å²) in [5.41, 5.74) is 2.40. The maximum absolute atomic E-state index is 10.3. The number of aliphatic hydroxyl groups excluding tert-OH is 1. The molecule has 2 aromatic rings. The van der Waals surface area contributed by atoms with Crippen molar-refractivity contribution in [2.75, 3.05) is 39.9 Å². The van der Waals surface area contributed by atoms with Crippen LogP contribution in [0.2, 0.25) is 0 Å². The molecular weight excluding hydrogens is 354 g/mol. The first-order chi connectivity index (χ1) is 13.7. The van der Waals surface area contributed by atoms with Crippen molar-refractivity contribution >= 4 is 0 Å². The number of hydrogen-bond acceptors (Lipinski definition) is 6. The van der Waals surface area contributed by atoms with Gasteiger partial charge in [-0.3, -0.25) is 4.98 Å². The molecule has 6 heteroatoms. The van der Waals surface area contributed by atoms with Crippen LogP contribution < -0.4 is 14.8 Å². The maximum atomic E-state index is 10.3. The van der Waals surface area contributed by atoms with Crippen molar-refractivity contribution in [3.05, 3.63) is 53.9 Å². The van der Waals surface area contributed by atoms with E-state index in [2.05, 4.69) is 15.2 Å². The fourth-order valence-electron chi connectivity index (χ4n) is 3.46. The van der Waals surface area contributed by atoms with Crippen molar-refractivity contribution in [1.29, 1.82) is 0 Å². The van der Waals surface area contributed by atoms with E-state index in [0.29, 0.717) is 18.0 Å². The largest absolute Gasteiger partial charge is 0.493 e. The van der Waals surface area contributed by atoms with Crippen molar-refractivity contribution in [3.63, 3.8) is 0 Å². The van der Waals surface area contributed by atoms with Gasteiger partial charge in [-0.2, -0.15) is 0 Å². The Labute approximate surface area is 167 Å². The number of nitrogens with zero attached hydrogens (tertiary/aromatic N) is 2. The zero-order valence-electron chi connectivity index (χ0n) is 16.6. The molecule has 0 bridgehead atoms. The van der Waals surface area contributed by atoms with Crippen molar-refractivity contribution in [3.8, 4) is 11.5 Å². The molecule has 1 fully saturated rings. The Morgan fingerprint density at radius 1 is 1.11 bits per heavy atom. The molecule has 3 rings (SSSR count). The Bertz CT molecular complexity index is 705. The second-order valence-electron chi connectivity index (χ2n) is 7.24. The molecule has 1 aromatic heterocycles. The number of nitrogens with one attached hydrogen (secondary N) is 1. The number of aliphatic hydroxyl groups is 1. The molecule has 1 aliphatic heterocycles. The summed E-state index contributed by atoms with van der Waals surface area (Å²) >= 11 is 0. The minimum Gasteiger partial charge on any atom is -0.493 e. The molecule has 0 radical (unpaired) electrons. The molecule has 6 nitrogen and oxygen atoms in total. The molecule has 28 heavy (non-hydrogen) atoms. The SMILES string of the molecule is COc1ccc(CNCCc2ccncc2)cc1OC[C@@H](O)CN1CCCC1. The maximum Gasteiger partial charge on any atom is 0.161 e. The molecular formula is C22H31N3O3. The second kappa shape index (κ2) is 11.0. The zero-order chi connectivity index (χ0) is 19.6. The van der Waals surface area contributed by atoms with E-state index in [-0.39, 0.29) is 6.61 Å². The number of hydrogen-bond donors (Lipinski definition) is 2. The molecule has 0 unspecified atom stereocenters. The number of ether oxygens (including phenoxy) is 2. The Morgan fingerprint density at radius 2 is 1.89 bits per heavy atom. The molecule has 1 aromatic carbocycles. The summed E-state index contributed by atoms with van der Waals surface area (Å²) in [5, 5.41) is 13.7.